The molecule has 2 rings (SSSR count). The molecule has 0 aliphatic carbocycles. The molecule has 1 aromatic carbocycles. The molecule has 0 spiro atoms. The summed E-state index contributed by atoms with van der Waals surface area (Å²) < 4.78 is 41.0. The first kappa shape index (κ1) is 18.3. The van der Waals surface area contributed by atoms with Gasteiger partial charge in [0.2, 0.25) is 5.95 Å². The van der Waals surface area contributed by atoms with Gasteiger partial charge >= 0.3 is 12.3 Å². The number of carboxylic acids is 1. The zero-order valence-electron chi connectivity index (χ0n) is 13.1. The maximum absolute atomic E-state index is 12.4. The fourth-order valence-corrected chi connectivity index (χ4v) is 1.95. The number of halogens is 3. The standard InChI is InChI=1S/C15H15F3N4O3/c1-2-19-12-7-11(21-14(22-12)20-8-13(23)24)9-4-3-5-10(6-9)25-15(16,17)18/h3-7H,2,8H2,1H3,(H,23,24)(H2,19,20,21,22). The summed E-state index contributed by atoms with van der Waals surface area (Å²) in [5.74, 6) is -1.03. The van der Waals surface area contributed by atoms with Gasteiger partial charge in [-0.05, 0) is 19.1 Å². The van der Waals surface area contributed by atoms with Gasteiger partial charge in [-0.1, -0.05) is 12.1 Å². The van der Waals surface area contributed by atoms with E-state index < -0.39 is 18.9 Å². The van der Waals surface area contributed by atoms with Crippen LogP contribution in [0.2, 0.25) is 0 Å². The highest BCUT2D eigenvalue weighted by Gasteiger charge is 2.31. The molecule has 0 aliphatic heterocycles. The van der Waals surface area contributed by atoms with E-state index in [1.807, 2.05) is 6.92 Å². The smallest absolute Gasteiger partial charge is 0.480 e. The van der Waals surface area contributed by atoms with E-state index in [-0.39, 0.29) is 11.7 Å². The first-order chi connectivity index (χ1) is 11.8. The maximum Gasteiger partial charge on any atom is 0.573 e. The molecular weight excluding hydrogens is 341 g/mol. The van der Waals surface area contributed by atoms with Crippen molar-refractivity contribution in [3.8, 4) is 17.0 Å². The topological polar surface area (TPSA) is 96.4 Å². The van der Waals surface area contributed by atoms with Gasteiger partial charge in [0.05, 0.1) is 5.69 Å². The maximum atomic E-state index is 12.4. The summed E-state index contributed by atoms with van der Waals surface area (Å²) in [5.41, 5.74) is 0.674. The van der Waals surface area contributed by atoms with Crippen LogP contribution in [0, 0.1) is 0 Å². The van der Waals surface area contributed by atoms with E-state index in [1.54, 1.807) is 12.1 Å². The first-order valence-electron chi connectivity index (χ1n) is 7.21. The fraction of sp³-hybridized carbons (Fsp3) is 0.267. The molecule has 10 heteroatoms. The number of ether oxygens (including phenoxy) is 1. The molecule has 7 nitrogen and oxygen atoms in total. The Morgan fingerprint density at radius 3 is 2.64 bits per heavy atom. The molecule has 0 saturated carbocycles. The van der Waals surface area contributed by atoms with Gasteiger partial charge in [0.15, 0.2) is 0 Å². The van der Waals surface area contributed by atoms with Crippen LogP contribution in [0.4, 0.5) is 24.9 Å². The monoisotopic (exact) mass is 356 g/mol. The first-order valence-corrected chi connectivity index (χ1v) is 7.21. The molecule has 0 unspecified atom stereocenters. The van der Waals surface area contributed by atoms with E-state index in [9.17, 15) is 18.0 Å². The Morgan fingerprint density at radius 1 is 1.24 bits per heavy atom. The highest BCUT2D eigenvalue weighted by molar-refractivity contribution is 5.72. The zero-order valence-corrected chi connectivity index (χ0v) is 13.1. The molecule has 0 aliphatic rings. The molecule has 0 atom stereocenters. The molecule has 0 fully saturated rings. The second-order valence-corrected chi connectivity index (χ2v) is 4.82. The molecule has 134 valence electrons. The Kier molecular flexibility index (Phi) is 5.63. The molecule has 25 heavy (non-hydrogen) atoms. The molecular formula is C15H15F3N4O3. The Morgan fingerprint density at radius 2 is 2.00 bits per heavy atom. The molecule has 3 N–H and O–H groups in total. The molecule has 1 aromatic heterocycles. The average molecular weight is 356 g/mol. The zero-order chi connectivity index (χ0) is 18.4. The highest BCUT2D eigenvalue weighted by atomic mass is 19.4. The fourth-order valence-electron chi connectivity index (χ4n) is 1.95. The lowest BCUT2D eigenvalue weighted by molar-refractivity contribution is -0.274. The number of aliphatic carboxylic acids is 1. The summed E-state index contributed by atoms with van der Waals surface area (Å²) in [5, 5.41) is 14.2. The minimum absolute atomic E-state index is 0.0398. The SMILES string of the molecule is CCNc1cc(-c2cccc(OC(F)(F)F)c2)nc(NCC(=O)O)n1. The number of carbonyl (C=O) groups is 1. The molecule has 2 aromatic rings. The van der Waals surface area contributed by atoms with Crippen molar-refractivity contribution in [1.29, 1.82) is 0 Å². The van der Waals surface area contributed by atoms with E-state index in [0.29, 0.717) is 23.6 Å². The summed E-state index contributed by atoms with van der Waals surface area (Å²) in [6.07, 6.45) is -4.80. The van der Waals surface area contributed by atoms with E-state index in [0.717, 1.165) is 0 Å². The van der Waals surface area contributed by atoms with Crippen LogP contribution in [0.15, 0.2) is 30.3 Å². The van der Waals surface area contributed by atoms with Gasteiger partial charge in [-0.25, -0.2) is 4.98 Å². The number of nitrogens with zero attached hydrogens (tertiary/aromatic N) is 2. The second kappa shape index (κ2) is 7.69. The third-order valence-electron chi connectivity index (χ3n) is 2.85. The van der Waals surface area contributed by atoms with E-state index >= 15 is 0 Å². The van der Waals surface area contributed by atoms with Gasteiger partial charge < -0.3 is 20.5 Å². The largest absolute Gasteiger partial charge is 0.573 e. The Bertz CT molecular complexity index is 753. The van der Waals surface area contributed by atoms with Crippen molar-refractivity contribution in [2.45, 2.75) is 13.3 Å². The van der Waals surface area contributed by atoms with E-state index in [2.05, 4.69) is 25.3 Å². The van der Waals surface area contributed by atoms with Crippen LogP contribution in [0.3, 0.4) is 0 Å². The van der Waals surface area contributed by atoms with Gasteiger partial charge in [0, 0.05) is 18.2 Å². The second-order valence-electron chi connectivity index (χ2n) is 4.82. The third-order valence-corrected chi connectivity index (χ3v) is 2.85. The third kappa shape index (κ3) is 5.83. The quantitative estimate of drug-likeness (QED) is 0.702. The number of hydrogen-bond donors (Lipinski definition) is 3. The highest BCUT2D eigenvalue weighted by Crippen LogP contribution is 2.28. The Balaban J connectivity index is 2.36. The van der Waals surface area contributed by atoms with Crippen LogP contribution in [0.5, 0.6) is 5.75 Å². The molecule has 0 saturated heterocycles. The van der Waals surface area contributed by atoms with Crippen LogP contribution in [0.1, 0.15) is 6.92 Å². The average Bonchev–Trinajstić information content (AvgIpc) is 2.52. The van der Waals surface area contributed by atoms with Gasteiger partial charge in [0.1, 0.15) is 18.1 Å². The van der Waals surface area contributed by atoms with Crippen LogP contribution in [-0.4, -0.2) is 40.5 Å². The summed E-state index contributed by atoms with van der Waals surface area (Å²) in [4.78, 5) is 18.9. The van der Waals surface area contributed by atoms with Crippen molar-refractivity contribution in [1.82, 2.24) is 9.97 Å². The lowest BCUT2D eigenvalue weighted by Gasteiger charge is -2.12. The number of hydrogen-bond acceptors (Lipinski definition) is 6. The van der Waals surface area contributed by atoms with Crippen LogP contribution < -0.4 is 15.4 Å². The van der Waals surface area contributed by atoms with Crippen molar-refractivity contribution < 1.29 is 27.8 Å². The van der Waals surface area contributed by atoms with Crippen LogP contribution >= 0.6 is 0 Å². The summed E-state index contributed by atoms with van der Waals surface area (Å²) >= 11 is 0. The Labute approximate surface area is 140 Å². The van der Waals surface area contributed by atoms with Crippen molar-refractivity contribution in [3.05, 3.63) is 30.3 Å². The van der Waals surface area contributed by atoms with Crippen molar-refractivity contribution in [3.63, 3.8) is 0 Å². The van der Waals surface area contributed by atoms with Crippen molar-refractivity contribution >= 4 is 17.7 Å². The van der Waals surface area contributed by atoms with Crippen molar-refractivity contribution in [2.75, 3.05) is 23.7 Å². The van der Waals surface area contributed by atoms with Gasteiger partial charge in [-0.15, -0.1) is 13.2 Å². The molecule has 0 amide bonds. The number of anilines is 2. The van der Waals surface area contributed by atoms with Gasteiger partial charge in [-0.2, -0.15) is 4.98 Å². The van der Waals surface area contributed by atoms with E-state index in [1.165, 1.54) is 18.2 Å². The van der Waals surface area contributed by atoms with Gasteiger partial charge in [0.25, 0.3) is 0 Å². The van der Waals surface area contributed by atoms with E-state index in [4.69, 9.17) is 5.11 Å². The summed E-state index contributed by atoms with van der Waals surface area (Å²) in [6.45, 7) is 1.99. The minimum atomic E-state index is -4.80. The minimum Gasteiger partial charge on any atom is -0.480 e. The molecule has 0 bridgehead atoms. The number of nitrogens with one attached hydrogen (secondary N) is 2. The molecule has 1 heterocycles. The lowest BCUT2D eigenvalue weighted by atomic mass is 10.1. The van der Waals surface area contributed by atoms with Crippen LogP contribution in [0.25, 0.3) is 11.3 Å². The number of aromatic nitrogens is 2. The van der Waals surface area contributed by atoms with Crippen LogP contribution in [-0.2, 0) is 4.79 Å². The Hall–Kier alpha value is -3.04. The summed E-state index contributed by atoms with van der Waals surface area (Å²) in [6, 6.07) is 6.86. The number of carboxylic acid groups (broad SMARTS) is 1. The predicted octanol–water partition coefficient (Wildman–Crippen LogP) is 2.97. The van der Waals surface area contributed by atoms with Gasteiger partial charge in [-0.3, -0.25) is 4.79 Å². The number of rotatable bonds is 7. The summed E-state index contributed by atoms with van der Waals surface area (Å²) in [7, 11) is 0. The van der Waals surface area contributed by atoms with Crippen molar-refractivity contribution in [2.24, 2.45) is 0 Å². The lowest BCUT2D eigenvalue weighted by Crippen LogP contribution is -2.17. The normalized spacial score (nSPS) is 11.0. The number of alkyl halides is 3. The predicted molar refractivity (Wildman–Crippen MR) is 84.4 cm³/mol. The molecule has 0 radical (unpaired) electrons. The number of benzene rings is 1.